The number of amides is 1. The summed E-state index contributed by atoms with van der Waals surface area (Å²) in [5.41, 5.74) is 2.17. The topological polar surface area (TPSA) is 92.3 Å². The summed E-state index contributed by atoms with van der Waals surface area (Å²) >= 11 is 2.69. The summed E-state index contributed by atoms with van der Waals surface area (Å²) in [6.07, 6.45) is 2.83. The summed E-state index contributed by atoms with van der Waals surface area (Å²) < 4.78 is 26.2. The summed E-state index contributed by atoms with van der Waals surface area (Å²) in [6, 6.07) is 5.47. The monoisotopic (exact) mass is 412 g/mol. The van der Waals surface area contributed by atoms with Crippen LogP contribution < -0.4 is 9.62 Å². The SMILES string of the molecule is C=CCSc1nnc(NC(=O)CN(c2cc(C)ccc2C)S(C)(=O)=O)s1. The largest absolute Gasteiger partial charge is 0.299 e. The van der Waals surface area contributed by atoms with Gasteiger partial charge in [0.05, 0.1) is 11.9 Å². The number of nitrogens with zero attached hydrogens (tertiary/aromatic N) is 3. The number of hydrogen-bond acceptors (Lipinski definition) is 7. The lowest BCUT2D eigenvalue weighted by molar-refractivity contribution is -0.114. The highest BCUT2D eigenvalue weighted by atomic mass is 32.2. The van der Waals surface area contributed by atoms with Gasteiger partial charge >= 0.3 is 0 Å². The molecule has 0 bridgehead atoms. The Hall–Kier alpha value is -1.91. The van der Waals surface area contributed by atoms with Gasteiger partial charge in [-0.1, -0.05) is 41.3 Å². The molecule has 0 saturated carbocycles. The molecule has 0 saturated heterocycles. The predicted molar refractivity (Wildman–Crippen MR) is 108 cm³/mol. The van der Waals surface area contributed by atoms with E-state index in [1.807, 2.05) is 19.1 Å². The highest BCUT2D eigenvalue weighted by Gasteiger charge is 2.23. The molecular weight excluding hydrogens is 392 g/mol. The Bertz CT molecular complexity index is 909. The quantitative estimate of drug-likeness (QED) is 0.407. The van der Waals surface area contributed by atoms with Gasteiger partial charge in [-0.2, -0.15) is 0 Å². The molecule has 0 aliphatic rings. The highest BCUT2D eigenvalue weighted by molar-refractivity contribution is 8.01. The van der Waals surface area contributed by atoms with Crippen molar-refractivity contribution in [2.45, 2.75) is 18.2 Å². The van der Waals surface area contributed by atoms with Crippen LogP contribution in [0.4, 0.5) is 10.8 Å². The number of hydrogen-bond donors (Lipinski definition) is 1. The van der Waals surface area contributed by atoms with E-state index in [9.17, 15) is 13.2 Å². The second kappa shape index (κ2) is 8.65. The van der Waals surface area contributed by atoms with E-state index in [0.717, 1.165) is 21.7 Å². The number of benzene rings is 1. The fourth-order valence-electron chi connectivity index (χ4n) is 2.11. The van der Waals surface area contributed by atoms with Gasteiger partial charge in [0.1, 0.15) is 6.54 Å². The van der Waals surface area contributed by atoms with Crippen LogP contribution in [0.3, 0.4) is 0 Å². The van der Waals surface area contributed by atoms with Gasteiger partial charge in [0.2, 0.25) is 21.1 Å². The minimum atomic E-state index is -3.63. The molecule has 2 aromatic rings. The first-order valence-electron chi connectivity index (χ1n) is 7.62. The van der Waals surface area contributed by atoms with Crippen molar-refractivity contribution < 1.29 is 13.2 Å². The normalized spacial score (nSPS) is 11.2. The number of carbonyl (C=O) groups excluding carboxylic acids is 1. The molecule has 0 spiro atoms. The Labute approximate surface area is 161 Å². The first-order chi connectivity index (χ1) is 12.2. The molecule has 10 heteroatoms. The van der Waals surface area contributed by atoms with Crippen LogP contribution in [-0.4, -0.2) is 43.1 Å². The fourth-order valence-corrected chi connectivity index (χ4v) is 4.54. The maximum Gasteiger partial charge on any atom is 0.246 e. The maximum atomic E-state index is 12.4. The Morgan fingerprint density at radius 1 is 1.38 bits per heavy atom. The van der Waals surface area contributed by atoms with Crippen molar-refractivity contribution in [3.8, 4) is 0 Å². The van der Waals surface area contributed by atoms with E-state index >= 15 is 0 Å². The molecule has 140 valence electrons. The zero-order valence-corrected chi connectivity index (χ0v) is 17.2. The molecule has 0 atom stereocenters. The molecule has 1 N–H and O–H groups in total. The lowest BCUT2D eigenvalue weighted by Crippen LogP contribution is -2.37. The van der Waals surface area contributed by atoms with Crippen LogP contribution in [0, 0.1) is 13.8 Å². The lowest BCUT2D eigenvalue weighted by Gasteiger charge is -2.23. The van der Waals surface area contributed by atoms with Gasteiger partial charge < -0.3 is 0 Å². The number of aryl methyl sites for hydroxylation is 2. The van der Waals surface area contributed by atoms with Gasteiger partial charge in [0.25, 0.3) is 0 Å². The number of thioether (sulfide) groups is 1. The molecule has 26 heavy (non-hydrogen) atoms. The Balaban J connectivity index is 2.16. The van der Waals surface area contributed by atoms with Gasteiger partial charge in [-0.15, -0.1) is 16.8 Å². The van der Waals surface area contributed by atoms with Gasteiger partial charge in [0.15, 0.2) is 4.34 Å². The van der Waals surface area contributed by atoms with Crippen LogP contribution in [-0.2, 0) is 14.8 Å². The van der Waals surface area contributed by atoms with Gasteiger partial charge in [-0.3, -0.25) is 14.4 Å². The van der Waals surface area contributed by atoms with Crippen molar-refractivity contribution in [2.75, 3.05) is 28.2 Å². The third-order valence-electron chi connectivity index (χ3n) is 3.30. The van der Waals surface area contributed by atoms with Gasteiger partial charge in [0, 0.05) is 5.75 Å². The summed E-state index contributed by atoms with van der Waals surface area (Å²) in [5, 5.41) is 10.8. The summed E-state index contributed by atoms with van der Waals surface area (Å²) in [6.45, 7) is 6.97. The van der Waals surface area contributed by atoms with Crippen LogP contribution in [0.25, 0.3) is 0 Å². The zero-order valence-electron chi connectivity index (χ0n) is 14.7. The second-order valence-electron chi connectivity index (χ2n) is 5.58. The van der Waals surface area contributed by atoms with E-state index < -0.39 is 15.9 Å². The minimum absolute atomic E-state index is 0.330. The molecule has 7 nitrogen and oxygen atoms in total. The number of carbonyl (C=O) groups is 1. The van der Waals surface area contributed by atoms with Crippen molar-refractivity contribution in [1.82, 2.24) is 10.2 Å². The molecule has 0 aliphatic carbocycles. The summed E-state index contributed by atoms with van der Waals surface area (Å²) in [4.78, 5) is 12.4. The van der Waals surface area contributed by atoms with Crippen molar-refractivity contribution in [3.05, 3.63) is 42.0 Å². The number of anilines is 2. The van der Waals surface area contributed by atoms with Crippen molar-refractivity contribution in [1.29, 1.82) is 0 Å². The Kier molecular flexibility index (Phi) is 6.79. The van der Waals surface area contributed by atoms with Crippen LogP contribution in [0.1, 0.15) is 11.1 Å². The molecule has 0 aliphatic heterocycles. The molecule has 1 heterocycles. The fraction of sp³-hybridized carbons (Fsp3) is 0.312. The Morgan fingerprint density at radius 2 is 2.12 bits per heavy atom. The zero-order chi connectivity index (χ0) is 19.3. The van der Waals surface area contributed by atoms with Crippen LogP contribution >= 0.6 is 23.1 Å². The molecule has 1 aromatic heterocycles. The molecule has 2 rings (SSSR count). The first-order valence-corrected chi connectivity index (χ1v) is 11.3. The van der Waals surface area contributed by atoms with Crippen LogP contribution in [0.2, 0.25) is 0 Å². The van der Waals surface area contributed by atoms with E-state index in [2.05, 4.69) is 22.1 Å². The average molecular weight is 413 g/mol. The van der Waals surface area contributed by atoms with Crippen molar-refractivity contribution in [2.24, 2.45) is 0 Å². The minimum Gasteiger partial charge on any atom is -0.299 e. The maximum absolute atomic E-state index is 12.4. The lowest BCUT2D eigenvalue weighted by atomic mass is 10.1. The standard InChI is InChI=1S/C16H20N4O3S3/c1-5-8-24-16-19-18-15(25-16)17-14(21)10-20(26(4,22)23)13-9-11(2)6-7-12(13)3/h5-7,9H,1,8,10H2,2-4H3,(H,17,18,21). The summed E-state index contributed by atoms with van der Waals surface area (Å²) in [5.74, 6) is 0.213. The smallest absolute Gasteiger partial charge is 0.246 e. The number of aromatic nitrogens is 2. The first kappa shape index (κ1) is 20.4. The van der Waals surface area contributed by atoms with Gasteiger partial charge in [-0.25, -0.2) is 8.42 Å². The summed E-state index contributed by atoms with van der Waals surface area (Å²) in [7, 11) is -3.63. The molecule has 0 fully saturated rings. The van der Waals surface area contributed by atoms with Crippen molar-refractivity contribution >= 4 is 49.8 Å². The van der Waals surface area contributed by atoms with E-state index in [-0.39, 0.29) is 6.54 Å². The van der Waals surface area contributed by atoms with Crippen LogP contribution in [0.5, 0.6) is 0 Å². The van der Waals surface area contributed by atoms with E-state index in [0.29, 0.717) is 20.9 Å². The predicted octanol–water partition coefficient (Wildman–Crippen LogP) is 2.84. The van der Waals surface area contributed by atoms with E-state index in [1.165, 1.54) is 23.1 Å². The number of nitrogens with one attached hydrogen (secondary N) is 1. The number of sulfonamides is 1. The highest BCUT2D eigenvalue weighted by Crippen LogP contribution is 2.26. The number of rotatable bonds is 8. The molecule has 1 aromatic carbocycles. The van der Waals surface area contributed by atoms with E-state index in [4.69, 9.17) is 0 Å². The molecule has 1 amide bonds. The van der Waals surface area contributed by atoms with Crippen molar-refractivity contribution in [3.63, 3.8) is 0 Å². The van der Waals surface area contributed by atoms with E-state index in [1.54, 1.807) is 19.1 Å². The Morgan fingerprint density at radius 3 is 2.77 bits per heavy atom. The third-order valence-corrected chi connectivity index (χ3v) is 6.39. The van der Waals surface area contributed by atoms with Gasteiger partial charge in [-0.05, 0) is 31.0 Å². The second-order valence-corrected chi connectivity index (χ2v) is 9.73. The third kappa shape index (κ3) is 5.55. The molecule has 0 radical (unpaired) electrons. The molecule has 0 unspecified atom stereocenters. The average Bonchev–Trinajstić information content (AvgIpc) is 2.99. The van der Waals surface area contributed by atoms with Crippen LogP contribution in [0.15, 0.2) is 35.2 Å². The molecular formula is C16H20N4O3S3.